The highest BCUT2D eigenvalue weighted by molar-refractivity contribution is 6.34. The average Bonchev–Trinajstić information content (AvgIpc) is 2.62. The van der Waals surface area contributed by atoms with Crippen molar-refractivity contribution in [1.82, 2.24) is 20.2 Å². The second-order valence-corrected chi connectivity index (χ2v) is 3.43. The van der Waals surface area contributed by atoms with E-state index in [0.717, 1.165) is 0 Å². The molecule has 7 heteroatoms. The zero-order valence-electron chi connectivity index (χ0n) is 8.14. The van der Waals surface area contributed by atoms with Crippen molar-refractivity contribution in [1.29, 1.82) is 0 Å². The van der Waals surface area contributed by atoms with Crippen LogP contribution in [-0.2, 0) is 4.79 Å². The van der Waals surface area contributed by atoms with Crippen molar-refractivity contribution < 1.29 is 4.79 Å². The monoisotopic (exact) mass is 237 g/mol. The normalized spacial score (nSPS) is 11.3. The van der Waals surface area contributed by atoms with Crippen molar-refractivity contribution >= 4 is 34.6 Å². The molecule has 0 atom stereocenters. The van der Waals surface area contributed by atoms with Crippen LogP contribution < -0.4 is 5.73 Å². The first-order valence-electron chi connectivity index (χ1n) is 4.48. The Morgan fingerprint density at radius 2 is 2.38 bits per heavy atom. The van der Waals surface area contributed by atoms with Gasteiger partial charge in [0.1, 0.15) is 11.5 Å². The number of H-pyrrole nitrogens is 1. The van der Waals surface area contributed by atoms with Crippen LogP contribution >= 0.6 is 11.6 Å². The molecule has 2 heterocycles. The van der Waals surface area contributed by atoms with Gasteiger partial charge in [0.25, 0.3) is 0 Å². The number of carbonyl (C=O) groups excluding carboxylic acids is 1. The van der Waals surface area contributed by atoms with Gasteiger partial charge in [0.2, 0.25) is 5.91 Å². The molecule has 0 aliphatic carbocycles. The van der Waals surface area contributed by atoms with E-state index in [4.69, 9.17) is 17.3 Å². The van der Waals surface area contributed by atoms with E-state index in [9.17, 15) is 4.79 Å². The van der Waals surface area contributed by atoms with Crippen molar-refractivity contribution in [3.05, 3.63) is 23.3 Å². The standard InChI is InChI=1S/C9H8ClN5O/c10-8-7-5(2-1-3-6(11)16)14-15-9(7)13-4-12-8/h1-2,4H,3H2,(H2,11,16)(H,12,13,14,15). The summed E-state index contributed by atoms with van der Waals surface area (Å²) in [6.45, 7) is 0. The van der Waals surface area contributed by atoms with Gasteiger partial charge in [-0.1, -0.05) is 17.7 Å². The van der Waals surface area contributed by atoms with Gasteiger partial charge >= 0.3 is 0 Å². The molecule has 0 aliphatic heterocycles. The Morgan fingerprint density at radius 1 is 1.56 bits per heavy atom. The van der Waals surface area contributed by atoms with Gasteiger partial charge in [0.05, 0.1) is 11.1 Å². The molecule has 0 bridgehead atoms. The molecule has 1 amide bonds. The molecule has 16 heavy (non-hydrogen) atoms. The number of carbonyl (C=O) groups is 1. The summed E-state index contributed by atoms with van der Waals surface area (Å²) >= 11 is 5.91. The molecule has 0 aromatic carbocycles. The smallest absolute Gasteiger partial charge is 0.221 e. The molecule has 2 aromatic heterocycles. The second kappa shape index (κ2) is 4.28. The first kappa shape index (κ1) is 10.6. The van der Waals surface area contributed by atoms with Crippen LogP contribution in [0.5, 0.6) is 0 Å². The third kappa shape index (κ3) is 2.01. The van der Waals surface area contributed by atoms with E-state index in [1.54, 1.807) is 12.2 Å². The Balaban J connectivity index is 2.38. The van der Waals surface area contributed by atoms with Gasteiger partial charge in [-0.15, -0.1) is 0 Å². The number of hydrogen-bond acceptors (Lipinski definition) is 4. The summed E-state index contributed by atoms with van der Waals surface area (Å²) in [6.07, 6.45) is 4.79. The Bertz CT molecular complexity index is 562. The molecule has 0 fully saturated rings. The molecule has 0 aliphatic rings. The van der Waals surface area contributed by atoms with E-state index in [1.807, 2.05) is 0 Å². The van der Waals surface area contributed by atoms with Crippen LogP contribution in [0.1, 0.15) is 12.1 Å². The number of nitrogens with one attached hydrogen (secondary N) is 1. The highest BCUT2D eigenvalue weighted by atomic mass is 35.5. The number of amides is 1. The predicted octanol–water partition coefficient (Wildman–Crippen LogP) is 0.895. The summed E-state index contributed by atoms with van der Waals surface area (Å²) in [5.74, 6) is -0.401. The lowest BCUT2D eigenvalue weighted by molar-refractivity contribution is -0.117. The Morgan fingerprint density at radius 3 is 3.12 bits per heavy atom. The third-order valence-corrected chi connectivity index (χ3v) is 2.22. The number of fused-ring (bicyclic) bond motifs is 1. The number of primary amides is 1. The summed E-state index contributed by atoms with van der Waals surface area (Å²) in [6, 6.07) is 0. The van der Waals surface area contributed by atoms with E-state index >= 15 is 0 Å². The minimum atomic E-state index is -0.401. The van der Waals surface area contributed by atoms with Gasteiger partial charge < -0.3 is 5.73 Å². The van der Waals surface area contributed by atoms with Crippen LogP contribution in [0, 0.1) is 0 Å². The van der Waals surface area contributed by atoms with E-state index < -0.39 is 5.91 Å². The van der Waals surface area contributed by atoms with Crippen molar-refractivity contribution in [2.45, 2.75) is 6.42 Å². The maximum absolute atomic E-state index is 10.6. The molecule has 0 radical (unpaired) electrons. The summed E-state index contributed by atoms with van der Waals surface area (Å²) in [5.41, 5.74) is 6.15. The molecule has 0 saturated heterocycles. The van der Waals surface area contributed by atoms with Gasteiger partial charge in [-0.05, 0) is 6.08 Å². The lowest BCUT2D eigenvalue weighted by Gasteiger charge is -1.92. The molecule has 2 aromatic rings. The van der Waals surface area contributed by atoms with E-state index in [0.29, 0.717) is 21.9 Å². The molecular weight excluding hydrogens is 230 g/mol. The maximum atomic E-state index is 10.6. The summed E-state index contributed by atoms with van der Waals surface area (Å²) in [7, 11) is 0. The molecular formula is C9H8ClN5O. The van der Waals surface area contributed by atoms with Crippen LogP contribution in [0.15, 0.2) is 12.4 Å². The van der Waals surface area contributed by atoms with Gasteiger partial charge in [-0.2, -0.15) is 5.10 Å². The molecule has 82 valence electrons. The van der Waals surface area contributed by atoms with Gasteiger partial charge in [-0.25, -0.2) is 9.97 Å². The molecule has 6 nitrogen and oxygen atoms in total. The lowest BCUT2D eigenvalue weighted by Crippen LogP contribution is -2.07. The number of nitrogens with two attached hydrogens (primary N) is 1. The first-order valence-corrected chi connectivity index (χ1v) is 4.85. The fraction of sp³-hybridized carbons (Fsp3) is 0.111. The molecule has 2 rings (SSSR count). The van der Waals surface area contributed by atoms with Crippen LogP contribution in [-0.4, -0.2) is 26.1 Å². The third-order valence-electron chi connectivity index (χ3n) is 1.94. The predicted molar refractivity (Wildman–Crippen MR) is 59.5 cm³/mol. The summed E-state index contributed by atoms with van der Waals surface area (Å²) in [5, 5.41) is 7.65. The van der Waals surface area contributed by atoms with Crippen molar-refractivity contribution in [2.75, 3.05) is 0 Å². The lowest BCUT2D eigenvalue weighted by atomic mass is 10.2. The van der Waals surface area contributed by atoms with E-state index in [1.165, 1.54) is 6.33 Å². The summed E-state index contributed by atoms with van der Waals surface area (Å²) in [4.78, 5) is 18.3. The molecule has 0 spiro atoms. The largest absolute Gasteiger partial charge is 0.369 e. The fourth-order valence-corrected chi connectivity index (χ4v) is 1.48. The average molecular weight is 238 g/mol. The SMILES string of the molecule is NC(=O)CC=Cc1[nH]nc2ncnc(Cl)c12. The number of rotatable bonds is 3. The van der Waals surface area contributed by atoms with Crippen molar-refractivity contribution in [3.8, 4) is 0 Å². The number of hydrogen-bond donors (Lipinski definition) is 2. The Labute approximate surface area is 95.5 Å². The van der Waals surface area contributed by atoms with Crippen LogP contribution in [0.25, 0.3) is 17.1 Å². The highest BCUT2D eigenvalue weighted by Gasteiger charge is 2.08. The van der Waals surface area contributed by atoms with Gasteiger partial charge in [-0.3, -0.25) is 9.89 Å². The van der Waals surface area contributed by atoms with Crippen LogP contribution in [0.3, 0.4) is 0 Å². The van der Waals surface area contributed by atoms with E-state index in [2.05, 4.69) is 20.2 Å². The first-order chi connectivity index (χ1) is 7.68. The summed E-state index contributed by atoms with van der Waals surface area (Å²) < 4.78 is 0. The quantitative estimate of drug-likeness (QED) is 0.775. The topological polar surface area (TPSA) is 97.6 Å². The van der Waals surface area contributed by atoms with E-state index in [-0.39, 0.29) is 6.42 Å². The van der Waals surface area contributed by atoms with Gasteiger partial charge in [0.15, 0.2) is 5.65 Å². The maximum Gasteiger partial charge on any atom is 0.221 e. The second-order valence-electron chi connectivity index (χ2n) is 3.07. The number of aromatic amines is 1. The molecule has 0 saturated carbocycles. The zero-order valence-corrected chi connectivity index (χ0v) is 8.90. The van der Waals surface area contributed by atoms with Gasteiger partial charge in [0, 0.05) is 6.42 Å². The van der Waals surface area contributed by atoms with Crippen LogP contribution in [0.2, 0.25) is 5.15 Å². The minimum Gasteiger partial charge on any atom is -0.369 e. The molecule has 3 N–H and O–H groups in total. The number of nitrogens with zero attached hydrogens (tertiary/aromatic N) is 3. The minimum absolute atomic E-state index is 0.159. The Kier molecular flexibility index (Phi) is 2.82. The highest BCUT2D eigenvalue weighted by Crippen LogP contribution is 2.21. The molecule has 0 unspecified atom stereocenters. The van der Waals surface area contributed by atoms with Crippen molar-refractivity contribution in [2.24, 2.45) is 5.73 Å². The fourth-order valence-electron chi connectivity index (χ4n) is 1.25. The van der Waals surface area contributed by atoms with Crippen LogP contribution in [0.4, 0.5) is 0 Å². The Hall–Kier alpha value is -1.95. The van der Waals surface area contributed by atoms with Crippen molar-refractivity contribution in [3.63, 3.8) is 0 Å². The number of halogens is 1. The number of aromatic nitrogens is 4. The zero-order chi connectivity index (χ0) is 11.5.